The largest absolute Gasteiger partial charge is 0.496 e. The Morgan fingerprint density at radius 3 is 2.29 bits per heavy atom. The predicted molar refractivity (Wildman–Crippen MR) is 92.5 cm³/mol. The van der Waals surface area contributed by atoms with E-state index in [9.17, 15) is 9.59 Å². The van der Waals surface area contributed by atoms with E-state index in [1.165, 1.54) is 13.2 Å². The zero-order valence-corrected chi connectivity index (χ0v) is 13.8. The highest BCUT2D eigenvalue weighted by atomic mass is 16.5. The molecule has 0 fully saturated rings. The van der Waals surface area contributed by atoms with Crippen LogP contribution in [-0.2, 0) is 4.79 Å². The molecule has 0 bridgehead atoms. The molecule has 0 saturated heterocycles. The fraction of sp³-hybridized carbons (Fsp3) is 0.158. The molecule has 0 saturated carbocycles. The number of nitrogens with one attached hydrogen (secondary N) is 1. The normalized spacial score (nSPS) is 9.79. The smallest absolute Gasteiger partial charge is 0.336 e. The average Bonchev–Trinajstić information content (AvgIpc) is 2.55. The summed E-state index contributed by atoms with van der Waals surface area (Å²) in [7, 11) is 1.52. The maximum Gasteiger partial charge on any atom is 0.336 e. The van der Waals surface area contributed by atoms with Crippen molar-refractivity contribution in [1.29, 1.82) is 0 Å². The van der Waals surface area contributed by atoms with Crippen LogP contribution >= 0.6 is 0 Å². The summed E-state index contributed by atoms with van der Waals surface area (Å²) < 4.78 is 10.3. The van der Waals surface area contributed by atoms with Crippen molar-refractivity contribution in [3.05, 3.63) is 65.7 Å². The molecule has 0 aliphatic heterocycles. The van der Waals surface area contributed by atoms with Gasteiger partial charge in [0.2, 0.25) is 0 Å². The number of amides is 1. The van der Waals surface area contributed by atoms with Gasteiger partial charge in [-0.3, -0.25) is 4.79 Å². The summed E-state index contributed by atoms with van der Waals surface area (Å²) in [4.78, 5) is 23.9. The van der Waals surface area contributed by atoms with Crippen LogP contribution < -0.4 is 14.8 Å². The first kappa shape index (κ1) is 17.3. The third-order valence-corrected chi connectivity index (χ3v) is 3.09. The minimum Gasteiger partial charge on any atom is -0.496 e. The fourth-order valence-corrected chi connectivity index (χ4v) is 2.02. The monoisotopic (exact) mass is 325 g/mol. The number of para-hydroxylation sites is 1. The topological polar surface area (TPSA) is 64.6 Å². The number of carbonyl (C=O) groups is 2. The molecular weight excluding hydrogens is 306 g/mol. The lowest BCUT2D eigenvalue weighted by atomic mass is 10.2. The number of hydrogen-bond acceptors (Lipinski definition) is 4. The highest BCUT2D eigenvalue weighted by Gasteiger charge is 2.11. The number of ether oxygens (including phenoxy) is 2. The molecule has 5 heteroatoms. The number of benzene rings is 2. The molecule has 124 valence electrons. The predicted octanol–water partition coefficient (Wildman–Crippen LogP) is 3.82. The molecule has 0 aliphatic rings. The molecule has 1 amide bonds. The molecule has 5 nitrogen and oxygen atoms in total. The molecule has 0 spiro atoms. The van der Waals surface area contributed by atoms with Gasteiger partial charge in [0, 0.05) is 11.8 Å². The first-order valence-corrected chi connectivity index (χ1v) is 7.40. The average molecular weight is 325 g/mol. The van der Waals surface area contributed by atoms with E-state index in [4.69, 9.17) is 9.47 Å². The zero-order valence-electron chi connectivity index (χ0n) is 13.8. The second kappa shape index (κ2) is 7.97. The van der Waals surface area contributed by atoms with Crippen LogP contribution in [0.5, 0.6) is 11.5 Å². The van der Waals surface area contributed by atoms with E-state index < -0.39 is 5.97 Å². The highest BCUT2D eigenvalue weighted by molar-refractivity contribution is 6.06. The summed E-state index contributed by atoms with van der Waals surface area (Å²) in [6.07, 6.45) is 1.41. The van der Waals surface area contributed by atoms with Crippen LogP contribution in [0.3, 0.4) is 0 Å². The van der Waals surface area contributed by atoms with Gasteiger partial charge in [-0.15, -0.1) is 0 Å². The van der Waals surface area contributed by atoms with Crippen molar-refractivity contribution in [3.63, 3.8) is 0 Å². The van der Waals surface area contributed by atoms with Crippen LogP contribution in [0.25, 0.3) is 0 Å². The molecule has 0 atom stereocenters. The van der Waals surface area contributed by atoms with E-state index in [1.807, 2.05) is 13.8 Å². The van der Waals surface area contributed by atoms with Gasteiger partial charge in [-0.1, -0.05) is 17.7 Å². The van der Waals surface area contributed by atoms with Crippen molar-refractivity contribution in [1.82, 2.24) is 0 Å². The second-order valence-electron chi connectivity index (χ2n) is 5.32. The Bertz CT molecular complexity index is 759. The number of carbonyl (C=O) groups excluding carboxylic acids is 2. The van der Waals surface area contributed by atoms with E-state index in [2.05, 4.69) is 5.32 Å². The lowest BCUT2D eigenvalue weighted by Gasteiger charge is -2.09. The van der Waals surface area contributed by atoms with Gasteiger partial charge in [-0.05, 0) is 50.2 Å². The van der Waals surface area contributed by atoms with Gasteiger partial charge in [0.25, 0.3) is 5.91 Å². The van der Waals surface area contributed by atoms with Gasteiger partial charge >= 0.3 is 5.97 Å². The third kappa shape index (κ3) is 4.71. The van der Waals surface area contributed by atoms with Crippen molar-refractivity contribution in [3.8, 4) is 11.5 Å². The summed E-state index contributed by atoms with van der Waals surface area (Å²) in [5, 5.41) is 2.77. The van der Waals surface area contributed by atoms with E-state index in [-0.39, 0.29) is 5.91 Å². The Morgan fingerprint density at radius 1 is 1.00 bits per heavy atom. The summed E-state index contributed by atoms with van der Waals surface area (Å²) in [6, 6.07) is 13.5. The Morgan fingerprint density at radius 2 is 1.67 bits per heavy atom. The molecule has 0 heterocycles. The van der Waals surface area contributed by atoms with Crippen molar-refractivity contribution in [2.45, 2.75) is 13.8 Å². The molecule has 2 rings (SSSR count). The number of allylic oxidation sites excluding steroid dienone is 1. The Balaban J connectivity index is 2.05. The molecule has 0 aliphatic carbocycles. The molecule has 2 aromatic rings. The van der Waals surface area contributed by atoms with Gasteiger partial charge in [0.15, 0.2) is 0 Å². The van der Waals surface area contributed by atoms with Gasteiger partial charge < -0.3 is 14.8 Å². The summed E-state index contributed by atoms with van der Waals surface area (Å²) >= 11 is 0. The van der Waals surface area contributed by atoms with Crippen molar-refractivity contribution in [2.24, 2.45) is 0 Å². The second-order valence-corrected chi connectivity index (χ2v) is 5.32. The van der Waals surface area contributed by atoms with Crippen LogP contribution in [0.1, 0.15) is 24.2 Å². The van der Waals surface area contributed by atoms with Crippen LogP contribution in [0, 0.1) is 0 Å². The number of anilines is 1. The first-order valence-electron chi connectivity index (χ1n) is 7.40. The molecule has 2 aromatic carbocycles. The lowest BCUT2D eigenvalue weighted by molar-refractivity contribution is -0.129. The van der Waals surface area contributed by atoms with Gasteiger partial charge in [-0.25, -0.2) is 4.79 Å². The maximum atomic E-state index is 12.3. The van der Waals surface area contributed by atoms with Gasteiger partial charge in [0.1, 0.15) is 11.5 Å². The summed E-state index contributed by atoms with van der Waals surface area (Å²) in [6.45, 7) is 3.63. The molecule has 0 unspecified atom stereocenters. The van der Waals surface area contributed by atoms with Crippen LogP contribution in [0.15, 0.2) is 60.2 Å². The number of esters is 1. The molecule has 24 heavy (non-hydrogen) atoms. The quantitative estimate of drug-likeness (QED) is 0.516. The Kier molecular flexibility index (Phi) is 5.73. The van der Waals surface area contributed by atoms with Crippen molar-refractivity contribution in [2.75, 3.05) is 12.4 Å². The molecule has 1 N–H and O–H groups in total. The SMILES string of the molecule is COc1ccccc1C(=O)Nc1ccc(OC(=O)C=C(C)C)cc1. The molecule has 0 aromatic heterocycles. The fourth-order valence-electron chi connectivity index (χ4n) is 2.02. The standard InChI is InChI=1S/C19H19NO4/c1-13(2)12-18(21)24-15-10-8-14(9-11-15)20-19(22)16-6-4-5-7-17(16)23-3/h4-12H,1-3H3,(H,20,22). The first-order chi connectivity index (χ1) is 11.5. The highest BCUT2D eigenvalue weighted by Crippen LogP contribution is 2.21. The van der Waals surface area contributed by atoms with Crippen LogP contribution in [0.4, 0.5) is 5.69 Å². The minimum absolute atomic E-state index is 0.276. The minimum atomic E-state index is -0.430. The summed E-state index contributed by atoms with van der Waals surface area (Å²) in [5.41, 5.74) is 1.90. The summed E-state index contributed by atoms with van der Waals surface area (Å²) in [5.74, 6) is 0.206. The number of hydrogen-bond donors (Lipinski definition) is 1. The van der Waals surface area contributed by atoms with Gasteiger partial charge in [-0.2, -0.15) is 0 Å². The van der Waals surface area contributed by atoms with Crippen LogP contribution in [-0.4, -0.2) is 19.0 Å². The zero-order chi connectivity index (χ0) is 17.5. The Hall–Kier alpha value is -3.08. The van der Waals surface area contributed by atoms with E-state index >= 15 is 0 Å². The molecular formula is C19H19NO4. The van der Waals surface area contributed by atoms with Crippen molar-refractivity contribution >= 4 is 17.6 Å². The number of methoxy groups -OCH3 is 1. The van der Waals surface area contributed by atoms with E-state index in [0.29, 0.717) is 22.7 Å². The lowest BCUT2D eigenvalue weighted by Crippen LogP contribution is -2.13. The maximum absolute atomic E-state index is 12.3. The van der Waals surface area contributed by atoms with E-state index in [1.54, 1.807) is 48.5 Å². The Labute approximate surface area is 140 Å². The third-order valence-electron chi connectivity index (χ3n) is 3.09. The van der Waals surface area contributed by atoms with Crippen LogP contribution in [0.2, 0.25) is 0 Å². The van der Waals surface area contributed by atoms with Crippen molar-refractivity contribution < 1.29 is 19.1 Å². The van der Waals surface area contributed by atoms with Gasteiger partial charge in [0.05, 0.1) is 12.7 Å². The molecule has 0 radical (unpaired) electrons. The number of rotatable bonds is 5. The van der Waals surface area contributed by atoms with E-state index in [0.717, 1.165) is 5.57 Å².